The second kappa shape index (κ2) is 21.7. The Bertz CT molecular complexity index is 2000. The van der Waals surface area contributed by atoms with Gasteiger partial charge in [-0.25, -0.2) is 0 Å². The third kappa shape index (κ3) is 9.75. The van der Waals surface area contributed by atoms with Crippen LogP contribution in [0.4, 0.5) is 0 Å². The van der Waals surface area contributed by atoms with E-state index in [4.69, 9.17) is 37.9 Å². The average Bonchev–Trinajstić information content (AvgIpc) is 4.07. The van der Waals surface area contributed by atoms with Crippen LogP contribution in [0.3, 0.4) is 0 Å². The Hall–Kier alpha value is -1.10. The maximum atomic E-state index is 11.8. The van der Waals surface area contributed by atoms with Crippen molar-refractivity contribution in [3.8, 4) is 0 Å². The van der Waals surface area contributed by atoms with Crippen molar-refractivity contribution in [2.24, 2.45) is 50.7 Å². The summed E-state index contributed by atoms with van der Waals surface area (Å²) in [6, 6.07) is 0. The lowest BCUT2D eigenvalue weighted by molar-refractivity contribution is -0.363. The largest absolute Gasteiger partial charge is 0.394 e. The van der Waals surface area contributed by atoms with Gasteiger partial charge in [0.05, 0.1) is 44.2 Å². The SMILES string of the molecule is C/C(=C/C[C@H](O)[C@@H](C)[C@H]1CC[C@@]2(C)[C@@H]3CC[C@@H]4C(C)(C)[C@@H](O[C@@H]5O[C@@H](C)[C@H](O[C@@H]6O[C@H](CO)[C@@H](O)[C@H](O)[C@H]6O)[C@H](O)[C@H]5O)CC[C@@]45C[C@@]35CC[C@]12C)CO[C@@H]1O[C@H](CO[C@@H]2O[C@H](C)[C@@H](O)[C@H](O)[C@H]2O)[C@@H](O)[C@H](O)[C@H]1O. The first-order valence-electron chi connectivity index (χ1n) is 27.8. The van der Waals surface area contributed by atoms with Crippen LogP contribution in [0, 0.1) is 50.7 Å². The predicted octanol–water partition coefficient (Wildman–Crippen LogP) is -0.536. The van der Waals surface area contributed by atoms with Gasteiger partial charge in [0.25, 0.3) is 0 Å². The Balaban J connectivity index is 0.777. The van der Waals surface area contributed by atoms with Gasteiger partial charge in [-0.1, -0.05) is 46.3 Å². The second-order valence-corrected chi connectivity index (χ2v) is 25.7. The lowest BCUT2D eigenvalue weighted by atomic mass is 9.41. The Morgan fingerprint density at radius 3 is 1.81 bits per heavy atom. The summed E-state index contributed by atoms with van der Waals surface area (Å²) in [5.74, 6) is 1.25. The highest BCUT2D eigenvalue weighted by Crippen LogP contribution is 2.89. The maximum Gasteiger partial charge on any atom is 0.187 e. The Morgan fingerprint density at radius 1 is 0.573 bits per heavy atom. The fourth-order valence-corrected chi connectivity index (χ4v) is 16.9. The molecule has 9 aliphatic rings. The van der Waals surface area contributed by atoms with Gasteiger partial charge in [-0.15, -0.1) is 0 Å². The van der Waals surface area contributed by atoms with Gasteiger partial charge < -0.3 is 104 Å². The lowest BCUT2D eigenvalue weighted by Gasteiger charge is -2.63. The van der Waals surface area contributed by atoms with Gasteiger partial charge in [-0.05, 0) is 136 Å². The van der Waals surface area contributed by atoms with Crippen LogP contribution in [0.1, 0.15) is 120 Å². The van der Waals surface area contributed by atoms with Gasteiger partial charge >= 0.3 is 0 Å². The van der Waals surface area contributed by atoms with Crippen LogP contribution in [0.2, 0.25) is 0 Å². The van der Waals surface area contributed by atoms with Crippen LogP contribution in [0.5, 0.6) is 0 Å². The third-order valence-electron chi connectivity index (χ3n) is 21.7. The zero-order chi connectivity index (χ0) is 54.6. The Labute approximate surface area is 440 Å². The summed E-state index contributed by atoms with van der Waals surface area (Å²) in [4.78, 5) is 0. The summed E-state index contributed by atoms with van der Waals surface area (Å²) < 4.78 is 47.0. The minimum Gasteiger partial charge on any atom is -0.394 e. The minimum absolute atomic E-state index is 0.00626. The molecular weight excluding hydrogens is 985 g/mol. The van der Waals surface area contributed by atoms with Gasteiger partial charge in [-0.3, -0.25) is 0 Å². The zero-order valence-corrected chi connectivity index (χ0v) is 44.9. The molecule has 5 aliphatic carbocycles. The number of hydrogen-bond acceptors (Lipinski definition) is 21. The van der Waals surface area contributed by atoms with E-state index in [1.54, 1.807) is 6.92 Å². The summed E-state index contributed by atoms with van der Waals surface area (Å²) in [7, 11) is 0. The van der Waals surface area contributed by atoms with E-state index < -0.39 is 142 Å². The number of fused-ring (bicyclic) bond motifs is 2. The lowest BCUT2D eigenvalue weighted by Crippen LogP contribution is -2.64. The van der Waals surface area contributed by atoms with Crippen LogP contribution < -0.4 is 0 Å². The molecule has 0 bridgehead atoms. The van der Waals surface area contributed by atoms with Crippen molar-refractivity contribution in [3.05, 3.63) is 11.6 Å². The number of aliphatic hydroxyl groups excluding tert-OH is 13. The number of hydrogen-bond donors (Lipinski definition) is 13. The summed E-state index contributed by atoms with van der Waals surface area (Å²) in [6.07, 6.45) is -16.8. The third-order valence-corrected chi connectivity index (χ3v) is 21.7. The molecule has 5 saturated carbocycles. The minimum atomic E-state index is -1.68. The molecule has 13 N–H and O–H groups in total. The molecule has 21 nitrogen and oxygen atoms in total. The number of ether oxygens (including phenoxy) is 8. The monoisotopic (exact) mass is 1070 g/mol. The molecule has 9 fully saturated rings. The van der Waals surface area contributed by atoms with E-state index in [9.17, 15) is 66.4 Å². The van der Waals surface area contributed by atoms with E-state index in [1.807, 2.05) is 13.0 Å². The van der Waals surface area contributed by atoms with E-state index in [2.05, 4.69) is 34.6 Å². The van der Waals surface area contributed by atoms with Gasteiger partial charge in [-0.2, -0.15) is 0 Å². The van der Waals surface area contributed by atoms with Crippen molar-refractivity contribution in [1.29, 1.82) is 0 Å². The van der Waals surface area contributed by atoms with Crippen LogP contribution in [0.15, 0.2) is 11.6 Å². The van der Waals surface area contributed by atoms with Gasteiger partial charge in [0, 0.05) is 0 Å². The molecule has 4 saturated heterocycles. The highest BCUT2D eigenvalue weighted by Gasteiger charge is 2.82. The maximum absolute atomic E-state index is 11.8. The summed E-state index contributed by atoms with van der Waals surface area (Å²) in [6.45, 7) is 15.7. The molecule has 0 aromatic rings. The van der Waals surface area contributed by atoms with E-state index in [1.165, 1.54) is 13.3 Å². The molecule has 432 valence electrons. The fraction of sp³-hybridized carbons (Fsp3) is 0.963. The van der Waals surface area contributed by atoms with E-state index >= 15 is 0 Å². The molecule has 75 heavy (non-hydrogen) atoms. The van der Waals surface area contributed by atoms with Crippen LogP contribution in [0.25, 0.3) is 0 Å². The van der Waals surface area contributed by atoms with Crippen molar-refractivity contribution in [2.75, 3.05) is 19.8 Å². The van der Waals surface area contributed by atoms with Gasteiger partial charge in [0.15, 0.2) is 25.2 Å². The van der Waals surface area contributed by atoms with E-state index in [-0.39, 0.29) is 45.7 Å². The molecule has 0 aromatic carbocycles. The second-order valence-electron chi connectivity index (χ2n) is 25.7. The summed E-state index contributed by atoms with van der Waals surface area (Å²) >= 11 is 0. The molecule has 0 unspecified atom stereocenters. The van der Waals surface area contributed by atoms with Crippen molar-refractivity contribution in [3.63, 3.8) is 0 Å². The first-order chi connectivity index (χ1) is 35.2. The molecule has 4 heterocycles. The Kier molecular flexibility index (Phi) is 16.9. The molecule has 9 rings (SSSR count). The van der Waals surface area contributed by atoms with Crippen LogP contribution in [-0.4, -0.2) is 221 Å². The quantitative estimate of drug-likeness (QED) is 0.0724. The normalized spacial score (nSPS) is 54.5. The number of aliphatic hydroxyl groups is 13. The van der Waals surface area contributed by atoms with Crippen molar-refractivity contribution in [1.82, 2.24) is 0 Å². The highest BCUT2D eigenvalue weighted by molar-refractivity contribution is 5.31. The van der Waals surface area contributed by atoms with Crippen LogP contribution >= 0.6 is 0 Å². The topological polar surface area (TPSA) is 337 Å². The van der Waals surface area contributed by atoms with Crippen LogP contribution in [-0.2, 0) is 37.9 Å². The zero-order valence-electron chi connectivity index (χ0n) is 44.9. The fourth-order valence-electron chi connectivity index (χ4n) is 16.9. The molecule has 4 aliphatic heterocycles. The highest BCUT2D eigenvalue weighted by atomic mass is 16.7. The Morgan fingerprint density at radius 2 is 1.13 bits per heavy atom. The van der Waals surface area contributed by atoms with E-state index in [0.717, 1.165) is 56.9 Å². The molecule has 21 heteroatoms. The molecule has 0 aromatic heterocycles. The number of rotatable bonds is 15. The van der Waals surface area contributed by atoms with Gasteiger partial charge in [0.2, 0.25) is 0 Å². The first kappa shape index (κ1) is 58.6. The average molecular weight is 1080 g/mol. The van der Waals surface area contributed by atoms with E-state index in [0.29, 0.717) is 24.2 Å². The predicted molar refractivity (Wildman–Crippen MR) is 261 cm³/mol. The molecule has 2 spiro atoms. The molecule has 30 atom stereocenters. The smallest absolute Gasteiger partial charge is 0.187 e. The molecule has 0 amide bonds. The summed E-state index contributed by atoms with van der Waals surface area (Å²) in [5.41, 5.74) is 1.00. The van der Waals surface area contributed by atoms with Crippen molar-refractivity contribution >= 4 is 0 Å². The summed E-state index contributed by atoms with van der Waals surface area (Å²) in [5, 5.41) is 138. The van der Waals surface area contributed by atoms with Crippen molar-refractivity contribution in [2.45, 2.75) is 255 Å². The van der Waals surface area contributed by atoms with Gasteiger partial charge in [0.1, 0.15) is 85.5 Å². The molecule has 0 radical (unpaired) electrons. The molecular formula is C54H90O21. The standard InChI is InChI=1S/C54H90O21/c1-23(20-68-47-42(65)39(62)36(59)30(73-47)21-69-46-41(64)37(60)34(57)25(3)70-46)9-10-28(56)24(2)27-13-15-52(8)32-12-11-31-50(5,6)33(14-16-53(31)22-54(32,53)18-17-51(27,52)7)74-48-44(67)40(63)45(26(4)71-48)75-49-43(66)38(61)35(58)29(19-55)72-49/h9,24-49,55-67H,10-22H2,1-8H3/b23-9-/t24-,25+,26-,27+,28-,29+,30+,31+,32-,33-,34+,35+,36+,37-,38-,39-,40+,41+,42+,43+,44+,45-,46+,47+,48-,49-,51+,52-,53+,54-/m0/s1. The van der Waals surface area contributed by atoms with Crippen molar-refractivity contribution < 1.29 is 104 Å². The first-order valence-corrected chi connectivity index (χ1v) is 27.8.